The number of ketones is 1. The number of carbonyl (C=O) groups excluding carboxylic acids is 2. The second-order valence-electron chi connectivity index (χ2n) is 5.83. The van der Waals surface area contributed by atoms with Crippen LogP contribution >= 0.6 is 0 Å². The fourth-order valence-corrected chi connectivity index (χ4v) is 2.96. The molecular formula is C17H21NO4. The average Bonchev–Trinajstić information content (AvgIpc) is 3.05. The number of rotatable bonds is 5. The van der Waals surface area contributed by atoms with E-state index in [1.54, 1.807) is 18.2 Å². The highest BCUT2D eigenvalue weighted by molar-refractivity contribution is 5.98. The van der Waals surface area contributed by atoms with Crippen LogP contribution in [0.15, 0.2) is 18.2 Å². The Kier molecular flexibility index (Phi) is 4.61. The normalized spacial score (nSPS) is 17.3. The third-order valence-electron chi connectivity index (χ3n) is 4.16. The maximum Gasteiger partial charge on any atom is 0.220 e. The van der Waals surface area contributed by atoms with Gasteiger partial charge >= 0.3 is 0 Å². The quantitative estimate of drug-likeness (QED) is 0.849. The van der Waals surface area contributed by atoms with Gasteiger partial charge in [0, 0.05) is 24.4 Å². The molecule has 1 saturated carbocycles. The molecule has 0 saturated heterocycles. The van der Waals surface area contributed by atoms with Crippen LogP contribution in [0.1, 0.15) is 48.9 Å². The van der Waals surface area contributed by atoms with Crippen LogP contribution < -0.4 is 14.8 Å². The van der Waals surface area contributed by atoms with Gasteiger partial charge in [-0.1, -0.05) is 12.8 Å². The molecule has 22 heavy (non-hydrogen) atoms. The van der Waals surface area contributed by atoms with E-state index >= 15 is 0 Å². The fourth-order valence-electron chi connectivity index (χ4n) is 2.96. The standard InChI is InChI=1S/C17H21NO4/c19-14(6-8-17(20)18-13-3-1-2-4-13)12-5-7-15-16(11-12)22-10-9-21-15/h5,7,11,13H,1-4,6,8-10H2,(H,18,20). The van der Waals surface area contributed by atoms with Crippen molar-refractivity contribution in [3.8, 4) is 11.5 Å². The molecule has 118 valence electrons. The average molecular weight is 303 g/mol. The molecule has 0 spiro atoms. The number of fused-ring (bicyclic) bond motifs is 1. The zero-order chi connectivity index (χ0) is 15.4. The molecule has 1 aromatic carbocycles. The predicted molar refractivity (Wildman–Crippen MR) is 81.4 cm³/mol. The van der Waals surface area contributed by atoms with E-state index in [1.807, 2.05) is 0 Å². The maximum atomic E-state index is 12.2. The minimum Gasteiger partial charge on any atom is -0.486 e. The Morgan fingerprint density at radius 3 is 2.55 bits per heavy atom. The largest absolute Gasteiger partial charge is 0.486 e. The topological polar surface area (TPSA) is 64.6 Å². The van der Waals surface area contributed by atoms with Crippen LogP contribution in [-0.4, -0.2) is 30.9 Å². The number of carbonyl (C=O) groups is 2. The summed E-state index contributed by atoms with van der Waals surface area (Å²) in [5, 5.41) is 3.00. The number of amides is 1. The summed E-state index contributed by atoms with van der Waals surface area (Å²) in [5.41, 5.74) is 0.568. The predicted octanol–water partition coefficient (Wildman–Crippen LogP) is 2.48. The lowest BCUT2D eigenvalue weighted by Crippen LogP contribution is -2.32. The number of ether oxygens (including phenoxy) is 2. The fraction of sp³-hybridized carbons (Fsp3) is 0.529. The van der Waals surface area contributed by atoms with Crippen LogP contribution in [0.3, 0.4) is 0 Å². The summed E-state index contributed by atoms with van der Waals surface area (Å²) < 4.78 is 10.9. The van der Waals surface area contributed by atoms with Crippen LogP contribution in [0.25, 0.3) is 0 Å². The zero-order valence-corrected chi connectivity index (χ0v) is 12.6. The first-order valence-electron chi connectivity index (χ1n) is 7.94. The van der Waals surface area contributed by atoms with Gasteiger partial charge in [0.2, 0.25) is 5.91 Å². The maximum absolute atomic E-state index is 12.2. The van der Waals surface area contributed by atoms with Crippen molar-refractivity contribution < 1.29 is 19.1 Å². The number of hydrogen-bond acceptors (Lipinski definition) is 4. The van der Waals surface area contributed by atoms with Crippen molar-refractivity contribution in [2.24, 2.45) is 0 Å². The molecular weight excluding hydrogens is 282 g/mol. The first-order chi connectivity index (χ1) is 10.7. The van der Waals surface area contributed by atoms with Gasteiger partial charge in [0.25, 0.3) is 0 Å². The molecule has 0 atom stereocenters. The van der Waals surface area contributed by atoms with Crippen molar-refractivity contribution in [3.63, 3.8) is 0 Å². The van der Waals surface area contributed by atoms with Crippen molar-refractivity contribution in [1.29, 1.82) is 0 Å². The van der Waals surface area contributed by atoms with Gasteiger partial charge < -0.3 is 14.8 Å². The number of benzene rings is 1. The second kappa shape index (κ2) is 6.81. The third kappa shape index (κ3) is 3.59. The van der Waals surface area contributed by atoms with Gasteiger partial charge in [-0.3, -0.25) is 9.59 Å². The first kappa shape index (κ1) is 14.9. The van der Waals surface area contributed by atoms with E-state index in [0.717, 1.165) is 12.8 Å². The summed E-state index contributed by atoms with van der Waals surface area (Å²) in [6, 6.07) is 5.48. The van der Waals surface area contributed by atoms with E-state index in [9.17, 15) is 9.59 Å². The third-order valence-corrected chi connectivity index (χ3v) is 4.16. The molecule has 3 rings (SSSR count). The van der Waals surface area contributed by atoms with Gasteiger partial charge in [-0.2, -0.15) is 0 Å². The van der Waals surface area contributed by atoms with Gasteiger partial charge in [-0.15, -0.1) is 0 Å². The van der Waals surface area contributed by atoms with Crippen molar-refractivity contribution >= 4 is 11.7 Å². The Bertz CT molecular complexity index is 564. The lowest BCUT2D eigenvalue weighted by Gasteiger charge is -2.18. The molecule has 1 aromatic rings. The van der Waals surface area contributed by atoms with Crippen LogP contribution in [0.4, 0.5) is 0 Å². The van der Waals surface area contributed by atoms with E-state index in [-0.39, 0.29) is 24.5 Å². The van der Waals surface area contributed by atoms with E-state index in [1.165, 1.54) is 12.8 Å². The van der Waals surface area contributed by atoms with Crippen molar-refractivity contribution in [1.82, 2.24) is 5.32 Å². The molecule has 1 heterocycles. The van der Waals surface area contributed by atoms with Crippen LogP contribution in [-0.2, 0) is 4.79 Å². The molecule has 0 unspecified atom stereocenters. The van der Waals surface area contributed by atoms with Crippen molar-refractivity contribution in [3.05, 3.63) is 23.8 Å². The Morgan fingerprint density at radius 1 is 1.05 bits per heavy atom. The lowest BCUT2D eigenvalue weighted by atomic mass is 10.1. The van der Waals surface area contributed by atoms with Gasteiger partial charge in [-0.25, -0.2) is 0 Å². The highest BCUT2D eigenvalue weighted by Gasteiger charge is 2.19. The number of nitrogens with one attached hydrogen (secondary N) is 1. The minimum absolute atomic E-state index is 0.0298. The Balaban J connectivity index is 1.52. The monoisotopic (exact) mass is 303 g/mol. The summed E-state index contributed by atoms with van der Waals surface area (Å²) in [4.78, 5) is 24.1. The molecule has 5 nitrogen and oxygen atoms in total. The Labute approximate surface area is 130 Å². The molecule has 0 bridgehead atoms. The lowest BCUT2D eigenvalue weighted by molar-refractivity contribution is -0.121. The minimum atomic E-state index is -0.0430. The first-order valence-corrected chi connectivity index (χ1v) is 7.94. The van der Waals surface area contributed by atoms with Gasteiger partial charge in [-0.05, 0) is 31.0 Å². The molecule has 5 heteroatoms. The molecule has 2 aliphatic rings. The number of Topliss-reactive ketones (excluding diaryl/α,β-unsaturated/α-hetero) is 1. The Hall–Kier alpha value is -2.04. The number of hydrogen-bond donors (Lipinski definition) is 1. The summed E-state index contributed by atoms with van der Waals surface area (Å²) in [6.07, 6.45) is 4.94. The van der Waals surface area contributed by atoms with E-state index in [4.69, 9.17) is 9.47 Å². The molecule has 0 radical (unpaired) electrons. The van der Waals surface area contributed by atoms with Crippen molar-refractivity contribution in [2.75, 3.05) is 13.2 Å². The molecule has 1 aliphatic carbocycles. The van der Waals surface area contributed by atoms with Crippen LogP contribution in [0.2, 0.25) is 0 Å². The molecule has 0 aromatic heterocycles. The smallest absolute Gasteiger partial charge is 0.220 e. The molecule has 1 amide bonds. The summed E-state index contributed by atoms with van der Waals surface area (Å²) in [6.45, 7) is 1.02. The highest BCUT2D eigenvalue weighted by Crippen LogP contribution is 2.31. The summed E-state index contributed by atoms with van der Waals surface area (Å²) in [5.74, 6) is 1.20. The van der Waals surface area contributed by atoms with Gasteiger partial charge in [0.05, 0.1) is 0 Å². The van der Waals surface area contributed by atoms with Crippen LogP contribution in [0.5, 0.6) is 11.5 Å². The molecule has 1 N–H and O–H groups in total. The molecule has 1 fully saturated rings. The summed E-state index contributed by atoms with van der Waals surface area (Å²) in [7, 11) is 0. The van der Waals surface area contributed by atoms with Crippen LogP contribution in [0, 0.1) is 0 Å². The van der Waals surface area contributed by atoms with Gasteiger partial charge in [0.1, 0.15) is 13.2 Å². The van der Waals surface area contributed by atoms with E-state index in [0.29, 0.717) is 36.3 Å². The SMILES string of the molecule is O=C(CCC(=O)c1ccc2c(c1)OCCO2)NC1CCCC1. The zero-order valence-electron chi connectivity index (χ0n) is 12.6. The van der Waals surface area contributed by atoms with Gasteiger partial charge in [0.15, 0.2) is 17.3 Å². The Morgan fingerprint density at radius 2 is 1.77 bits per heavy atom. The highest BCUT2D eigenvalue weighted by atomic mass is 16.6. The van der Waals surface area contributed by atoms with Crippen molar-refractivity contribution in [2.45, 2.75) is 44.6 Å². The van der Waals surface area contributed by atoms with E-state index < -0.39 is 0 Å². The summed E-state index contributed by atoms with van der Waals surface area (Å²) >= 11 is 0. The van der Waals surface area contributed by atoms with E-state index in [2.05, 4.69) is 5.32 Å². The molecule has 1 aliphatic heterocycles. The second-order valence-corrected chi connectivity index (χ2v) is 5.83.